The maximum absolute atomic E-state index is 11.6. The molecule has 1 N–H and O–H groups in total. The molecule has 1 saturated heterocycles. The molecule has 1 atom stereocenters. The van der Waals surface area contributed by atoms with Crippen LogP contribution in [-0.4, -0.2) is 28.1 Å². The molecule has 2 rings (SSSR count). The molecule has 104 valence electrons. The SMILES string of the molecule is CCC1(C(=O)O)CCCN1Cc1ccc(Br)c(C)c1. The molecule has 1 aliphatic heterocycles. The predicted octanol–water partition coefficient (Wildman–Crippen LogP) is 3.59. The summed E-state index contributed by atoms with van der Waals surface area (Å²) in [6.07, 6.45) is 2.39. The van der Waals surface area contributed by atoms with Gasteiger partial charge in [-0.1, -0.05) is 35.0 Å². The first-order valence-corrected chi connectivity index (χ1v) is 7.52. The van der Waals surface area contributed by atoms with Crippen LogP contribution in [0.1, 0.15) is 37.3 Å². The largest absolute Gasteiger partial charge is 0.480 e. The Balaban J connectivity index is 2.21. The van der Waals surface area contributed by atoms with E-state index < -0.39 is 11.5 Å². The minimum Gasteiger partial charge on any atom is -0.480 e. The lowest BCUT2D eigenvalue weighted by atomic mass is 9.92. The van der Waals surface area contributed by atoms with Gasteiger partial charge in [0.2, 0.25) is 0 Å². The summed E-state index contributed by atoms with van der Waals surface area (Å²) in [6.45, 7) is 5.62. The highest BCUT2D eigenvalue weighted by Gasteiger charge is 2.45. The fourth-order valence-corrected chi connectivity index (χ4v) is 3.23. The molecule has 0 aromatic heterocycles. The van der Waals surface area contributed by atoms with Gasteiger partial charge in [0.25, 0.3) is 0 Å². The fraction of sp³-hybridized carbons (Fsp3) is 0.533. The molecule has 0 aliphatic carbocycles. The van der Waals surface area contributed by atoms with Crippen LogP contribution >= 0.6 is 15.9 Å². The molecule has 0 spiro atoms. The summed E-state index contributed by atoms with van der Waals surface area (Å²) in [6, 6.07) is 6.23. The lowest BCUT2D eigenvalue weighted by Crippen LogP contribution is -2.49. The van der Waals surface area contributed by atoms with Gasteiger partial charge in [-0.3, -0.25) is 9.69 Å². The topological polar surface area (TPSA) is 40.5 Å². The van der Waals surface area contributed by atoms with E-state index in [0.29, 0.717) is 13.0 Å². The Morgan fingerprint density at radius 1 is 1.53 bits per heavy atom. The van der Waals surface area contributed by atoms with E-state index in [1.54, 1.807) is 0 Å². The van der Waals surface area contributed by atoms with E-state index in [9.17, 15) is 9.90 Å². The number of carbonyl (C=O) groups is 1. The van der Waals surface area contributed by atoms with Gasteiger partial charge in [0.15, 0.2) is 0 Å². The number of halogens is 1. The van der Waals surface area contributed by atoms with Crippen molar-refractivity contribution in [2.24, 2.45) is 0 Å². The van der Waals surface area contributed by atoms with E-state index in [0.717, 1.165) is 23.9 Å². The van der Waals surface area contributed by atoms with E-state index in [1.807, 2.05) is 13.0 Å². The Morgan fingerprint density at radius 2 is 2.26 bits per heavy atom. The number of rotatable bonds is 4. The summed E-state index contributed by atoms with van der Waals surface area (Å²) in [5.41, 5.74) is 1.71. The summed E-state index contributed by atoms with van der Waals surface area (Å²) in [7, 11) is 0. The van der Waals surface area contributed by atoms with Crippen LogP contribution in [0, 0.1) is 6.92 Å². The third kappa shape index (κ3) is 2.70. The van der Waals surface area contributed by atoms with E-state index in [2.05, 4.69) is 39.9 Å². The molecule has 19 heavy (non-hydrogen) atoms. The van der Waals surface area contributed by atoms with Crippen molar-refractivity contribution in [2.45, 2.75) is 45.2 Å². The first-order valence-electron chi connectivity index (χ1n) is 6.73. The van der Waals surface area contributed by atoms with Gasteiger partial charge in [-0.2, -0.15) is 0 Å². The minimum atomic E-state index is -0.679. The number of benzene rings is 1. The zero-order chi connectivity index (χ0) is 14.0. The van der Waals surface area contributed by atoms with Gasteiger partial charge in [-0.15, -0.1) is 0 Å². The highest BCUT2D eigenvalue weighted by Crippen LogP contribution is 2.34. The summed E-state index contributed by atoms with van der Waals surface area (Å²) in [5.74, 6) is -0.679. The minimum absolute atomic E-state index is 0.665. The van der Waals surface area contributed by atoms with Crippen LogP contribution in [0.25, 0.3) is 0 Å². The van der Waals surface area contributed by atoms with Gasteiger partial charge in [0, 0.05) is 11.0 Å². The van der Waals surface area contributed by atoms with Gasteiger partial charge in [-0.25, -0.2) is 0 Å². The van der Waals surface area contributed by atoms with Crippen LogP contribution in [0.15, 0.2) is 22.7 Å². The Bertz CT molecular complexity index is 489. The molecule has 1 unspecified atom stereocenters. The molecule has 3 nitrogen and oxygen atoms in total. The average molecular weight is 326 g/mol. The number of nitrogens with zero attached hydrogens (tertiary/aromatic N) is 1. The zero-order valence-electron chi connectivity index (χ0n) is 11.4. The molecule has 0 bridgehead atoms. The number of likely N-dealkylation sites (tertiary alicyclic amines) is 1. The maximum Gasteiger partial charge on any atom is 0.324 e. The molecule has 0 saturated carbocycles. The fourth-order valence-electron chi connectivity index (χ4n) is 2.98. The third-order valence-electron chi connectivity index (χ3n) is 4.20. The molecule has 1 heterocycles. The average Bonchev–Trinajstić information content (AvgIpc) is 2.78. The van der Waals surface area contributed by atoms with Crippen molar-refractivity contribution < 1.29 is 9.90 Å². The lowest BCUT2D eigenvalue weighted by molar-refractivity contribution is -0.150. The number of hydrogen-bond donors (Lipinski definition) is 1. The van der Waals surface area contributed by atoms with Gasteiger partial charge >= 0.3 is 5.97 Å². The normalized spacial score (nSPS) is 23.7. The zero-order valence-corrected chi connectivity index (χ0v) is 13.0. The van der Waals surface area contributed by atoms with Crippen molar-refractivity contribution in [3.63, 3.8) is 0 Å². The summed E-state index contributed by atoms with van der Waals surface area (Å²) in [4.78, 5) is 13.8. The lowest BCUT2D eigenvalue weighted by Gasteiger charge is -2.34. The summed E-state index contributed by atoms with van der Waals surface area (Å²) in [5, 5.41) is 9.56. The monoisotopic (exact) mass is 325 g/mol. The summed E-state index contributed by atoms with van der Waals surface area (Å²) >= 11 is 3.49. The van der Waals surface area contributed by atoms with Crippen LogP contribution in [0.4, 0.5) is 0 Å². The third-order valence-corrected chi connectivity index (χ3v) is 5.09. The van der Waals surface area contributed by atoms with Crippen molar-refractivity contribution >= 4 is 21.9 Å². The number of hydrogen-bond acceptors (Lipinski definition) is 2. The van der Waals surface area contributed by atoms with E-state index in [-0.39, 0.29) is 0 Å². The maximum atomic E-state index is 11.6. The van der Waals surface area contributed by atoms with Crippen LogP contribution in [0.3, 0.4) is 0 Å². The number of carboxylic acids is 1. The van der Waals surface area contributed by atoms with Crippen molar-refractivity contribution in [2.75, 3.05) is 6.54 Å². The molecule has 1 aliphatic rings. The number of aryl methyl sites for hydroxylation is 1. The van der Waals surface area contributed by atoms with Crippen LogP contribution in [0.2, 0.25) is 0 Å². The number of aliphatic carboxylic acids is 1. The van der Waals surface area contributed by atoms with Gasteiger partial charge in [0.1, 0.15) is 5.54 Å². The van der Waals surface area contributed by atoms with Gasteiger partial charge in [0.05, 0.1) is 0 Å². The molecule has 1 aromatic carbocycles. The molecule has 0 radical (unpaired) electrons. The molecule has 0 amide bonds. The molecular formula is C15H20BrNO2. The second kappa shape index (κ2) is 5.63. The van der Waals surface area contributed by atoms with Crippen molar-refractivity contribution in [3.8, 4) is 0 Å². The summed E-state index contributed by atoms with van der Waals surface area (Å²) < 4.78 is 1.10. The predicted molar refractivity (Wildman–Crippen MR) is 79.2 cm³/mol. The molecule has 1 aromatic rings. The molecular weight excluding hydrogens is 306 g/mol. The quantitative estimate of drug-likeness (QED) is 0.919. The molecule has 1 fully saturated rings. The Morgan fingerprint density at radius 3 is 2.84 bits per heavy atom. The Labute approximate surface area is 122 Å². The Kier molecular flexibility index (Phi) is 4.31. The van der Waals surface area contributed by atoms with Crippen LogP contribution < -0.4 is 0 Å². The highest BCUT2D eigenvalue weighted by atomic mass is 79.9. The van der Waals surface area contributed by atoms with Crippen molar-refractivity contribution in [3.05, 3.63) is 33.8 Å². The standard InChI is InChI=1S/C15H20BrNO2/c1-3-15(14(18)19)7-4-8-17(15)10-12-5-6-13(16)11(2)9-12/h5-6,9H,3-4,7-8,10H2,1-2H3,(H,18,19). The van der Waals surface area contributed by atoms with Crippen LogP contribution in [-0.2, 0) is 11.3 Å². The first kappa shape index (κ1) is 14.5. The second-order valence-electron chi connectivity index (χ2n) is 5.30. The molecule has 4 heteroatoms. The van der Waals surface area contributed by atoms with Crippen molar-refractivity contribution in [1.82, 2.24) is 4.90 Å². The van der Waals surface area contributed by atoms with E-state index in [4.69, 9.17) is 0 Å². The smallest absolute Gasteiger partial charge is 0.324 e. The second-order valence-corrected chi connectivity index (χ2v) is 6.15. The highest BCUT2D eigenvalue weighted by molar-refractivity contribution is 9.10. The van der Waals surface area contributed by atoms with Gasteiger partial charge < -0.3 is 5.11 Å². The van der Waals surface area contributed by atoms with E-state index in [1.165, 1.54) is 11.1 Å². The number of carboxylic acid groups (broad SMARTS) is 1. The van der Waals surface area contributed by atoms with Gasteiger partial charge in [-0.05, 0) is 49.9 Å². The Hall–Kier alpha value is -0.870. The first-order chi connectivity index (χ1) is 8.99. The van der Waals surface area contributed by atoms with Crippen LogP contribution in [0.5, 0.6) is 0 Å². The van der Waals surface area contributed by atoms with Crippen molar-refractivity contribution in [1.29, 1.82) is 0 Å². The van der Waals surface area contributed by atoms with E-state index >= 15 is 0 Å².